The van der Waals surface area contributed by atoms with Crippen molar-refractivity contribution < 1.29 is 4.52 Å². The number of nitrogens with two attached hydrogens (primary N) is 1. The van der Waals surface area contributed by atoms with Crippen LogP contribution in [0.4, 0.5) is 0 Å². The Hall–Kier alpha value is -1.76. The lowest BCUT2D eigenvalue weighted by molar-refractivity contribution is 0.431. The molecule has 0 spiro atoms. The molecule has 2 N–H and O–H groups in total. The molecule has 3 aromatic rings. The molecule has 0 saturated carbocycles. The molecule has 7 heteroatoms. The summed E-state index contributed by atoms with van der Waals surface area (Å²) in [6.45, 7) is 0.576. The maximum Gasteiger partial charge on any atom is 0.277 e. The van der Waals surface area contributed by atoms with E-state index in [9.17, 15) is 0 Å². The van der Waals surface area contributed by atoms with Crippen LogP contribution in [0.2, 0.25) is 5.02 Å². The van der Waals surface area contributed by atoms with E-state index in [4.69, 9.17) is 21.9 Å². The quantitative estimate of drug-likeness (QED) is 0.801. The first-order valence-corrected chi connectivity index (χ1v) is 7.26. The smallest absolute Gasteiger partial charge is 0.277 e. The number of rotatable bonds is 4. The van der Waals surface area contributed by atoms with Crippen molar-refractivity contribution in [3.8, 4) is 23.0 Å². The largest absolute Gasteiger partial charge is 0.332 e. The van der Waals surface area contributed by atoms with Crippen LogP contribution in [0.1, 0.15) is 5.01 Å². The molecule has 0 aliphatic rings. The predicted molar refractivity (Wildman–Crippen MR) is 78.6 cm³/mol. The summed E-state index contributed by atoms with van der Waals surface area (Å²) in [6, 6.07) is 7.26. The van der Waals surface area contributed by atoms with Gasteiger partial charge in [0.1, 0.15) is 5.69 Å². The van der Waals surface area contributed by atoms with Crippen molar-refractivity contribution >= 4 is 22.9 Å². The van der Waals surface area contributed by atoms with E-state index in [1.807, 2.05) is 17.5 Å². The van der Waals surface area contributed by atoms with Crippen molar-refractivity contribution in [3.63, 3.8) is 0 Å². The fraction of sp³-hybridized carbons (Fsp3) is 0.154. The van der Waals surface area contributed by atoms with Gasteiger partial charge in [-0.2, -0.15) is 4.98 Å². The molecule has 0 amide bonds. The first-order chi connectivity index (χ1) is 9.76. The van der Waals surface area contributed by atoms with Gasteiger partial charge in [-0.3, -0.25) is 0 Å². The Labute approximate surface area is 124 Å². The highest BCUT2D eigenvalue weighted by Crippen LogP contribution is 2.24. The summed E-state index contributed by atoms with van der Waals surface area (Å²) in [5.74, 6) is 0.930. The SMILES string of the molecule is NCCc1nc(-c2nc(-c3ccc(Cl)cc3)no2)cs1. The van der Waals surface area contributed by atoms with Crippen molar-refractivity contribution in [1.82, 2.24) is 15.1 Å². The highest BCUT2D eigenvalue weighted by molar-refractivity contribution is 7.09. The minimum Gasteiger partial charge on any atom is -0.332 e. The van der Waals surface area contributed by atoms with E-state index in [0.29, 0.717) is 29.0 Å². The van der Waals surface area contributed by atoms with Gasteiger partial charge in [-0.1, -0.05) is 16.8 Å². The first kappa shape index (κ1) is 13.2. The van der Waals surface area contributed by atoms with Gasteiger partial charge in [0.05, 0.1) is 5.01 Å². The third kappa shape index (κ3) is 2.72. The summed E-state index contributed by atoms with van der Waals surface area (Å²) in [5, 5.41) is 7.49. The predicted octanol–water partition coefficient (Wildman–Crippen LogP) is 3.01. The van der Waals surface area contributed by atoms with Crippen molar-refractivity contribution in [1.29, 1.82) is 0 Å². The lowest BCUT2D eigenvalue weighted by atomic mass is 10.2. The van der Waals surface area contributed by atoms with Crippen LogP contribution in [-0.2, 0) is 6.42 Å². The van der Waals surface area contributed by atoms with Crippen LogP contribution in [0.25, 0.3) is 23.0 Å². The average molecular weight is 307 g/mol. The van der Waals surface area contributed by atoms with Crippen LogP contribution in [0.15, 0.2) is 34.2 Å². The number of aromatic nitrogens is 3. The second kappa shape index (κ2) is 5.70. The van der Waals surface area contributed by atoms with Gasteiger partial charge in [-0.25, -0.2) is 4.98 Å². The molecule has 2 heterocycles. The molecule has 0 aliphatic heterocycles. The molecule has 1 aromatic carbocycles. The van der Waals surface area contributed by atoms with Gasteiger partial charge in [0.15, 0.2) is 0 Å². The van der Waals surface area contributed by atoms with Crippen LogP contribution in [0.5, 0.6) is 0 Å². The number of halogens is 1. The second-order valence-electron chi connectivity index (χ2n) is 4.10. The van der Waals surface area contributed by atoms with E-state index >= 15 is 0 Å². The van der Waals surface area contributed by atoms with Gasteiger partial charge in [0.25, 0.3) is 5.89 Å². The maximum absolute atomic E-state index is 5.85. The average Bonchev–Trinajstić information content (AvgIpc) is 3.08. The highest BCUT2D eigenvalue weighted by Gasteiger charge is 2.13. The Morgan fingerprint density at radius 1 is 1.20 bits per heavy atom. The Balaban J connectivity index is 1.87. The summed E-state index contributed by atoms with van der Waals surface area (Å²) in [5.41, 5.74) is 7.04. The van der Waals surface area contributed by atoms with E-state index in [2.05, 4.69) is 15.1 Å². The molecule has 0 fully saturated rings. The molecular weight excluding hydrogens is 296 g/mol. The zero-order valence-corrected chi connectivity index (χ0v) is 12.0. The van der Waals surface area contributed by atoms with Gasteiger partial charge in [-0.05, 0) is 30.8 Å². The van der Waals surface area contributed by atoms with Crippen LogP contribution in [-0.4, -0.2) is 21.7 Å². The van der Waals surface area contributed by atoms with Gasteiger partial charge >= 0.3 is 0 Å². The normalized spacial score (nSPS) is 10.9. The van der Waals surface area contributed by atoms with E-state index in [-0.39, 0.29) is 0 Å². The fourth-order valence-electron chi connectivity index (χ4n) is 1.69. The molecule has 102 valence electrons. The molecule has 3 rings (SSSR count). The van der Waals surface area contributed by atoms with Crippen molar-refractivity contribution in [3.05, 3.63) is 39.7 Å². The molecule has 5 nitrogen and oxygen atoms in total. The minimum absolute atomic E-state index is 0.412. The minimum atomic E-state index is 0.412. The number of hydrogen-bond donors (Lipinski definition) is 1. The van der Waals surface area contributed by atoms with E-state index < -0.39 is 0 Å². The van der Waals surface area contributed by atoms with Gasteiger partial charge < -0.3 is 10.3 Å². The van der Waals surface area contributed by atoms with Crippen LogP contribution in [0, 0.1) is 0 Å². The standard InChI is InChI=1S/C13H11ClN4OS/c14-9-3-1-8(2-4-9)12-17-13(19-18-12)10-7-20-11(16-10)5-6-15/h1-4,7H,5-6,15H2. The van der Waals surface area contributed by atoms with Gasteiger partial charge in [0, 0.05) is 22.4 Å². The molecule has 20 heavy (non-hydrogen) atoms. The molecular formula is C13H11ClN4OS. The van der Waals surface area contributed by atoms with Gasteiger partial charge in [0.2, 0.25) is 5.82 Å². The number of thiazole rings is 1. The molecule has 0 radical (unpaired) electrons. The molecule has 0 bridgehead atoms. The number of benzene rings is 1. The molecule has 0 saturated heterocycles. The topological polar surface area (TPSA) is 77.8 Å². The zero-order valence-electron chi connectivity index (χ0n) is 10.4. The Morgan fingerprint density at radius 3 is 2.75 bits per heavy atom. The summed E-state index contributed by atoms with van der Waals surface area (Å²) in [6.07, 6.45) is 0.753. The highest BCUT2D eigenvalue weighted by atomic mass is 35.5. The molecule has 2 aromatic heterocycles. The maximum atomic E-state index is 5.85. The fourth-order valence-corrected chi connectivity index (χ4v) is 2.61. The van der Waals surface area contributed by atoms with E-state index in [0.717, 1.165) is 17.0 Å². The lowest BCUT2D eigenvalue weighted by Gasteiger charge is -1.93. The summed E-state index contributed by atoms with van der Waals surface area (Å²) in [7, 11) is 0. The van der Waals surface area contributed by atoms with Crippen LogP contribution >= 0.6 is 22.9 Å². The Kier molecular flexibility index (Phi) is 3.77. The summed E-state index contributed by atoms with van der Waals surface area (Å²) < 4.78 is 5.25. The lowest BCUT2D eigenvalue weighted by Crippen LogP contribution is -2.01. The molecule has 0 atom stereocenters. The number of nitrogens with zero attached hydrogens (tertiary/aromatic N) is 3. The summed E-state index contributed by atoms with van der Waals surface area (Å²) in [4.78, 5) is 8.76. The second-order valence-corrected chi connectivity index (χ2v) is 5.47. The van der Waals surface area contributed by atoms with Gasteiger partial charge in [-0.15, -0.1) is 11.3 Å². The Bertz CT molecular complexity index is 707. The zero-order chi connectivity index (χ0) is 13.9. The Morgan fingerprint density at radius 2 is 2.00 bits per heavy atom. The third-order valence-corrected chi connectivity index (χ3v) is 3.82. The van der Waals surface area contributed by atoms with Crippen LogP contribution < -0.4 is 5.73 Å². The third-order valence-electron chi connectivity index (χ3n) is 2.66. The van der Waals surface area contributed by atoms with Crippen molar-refractivity contribution in [2.75, 3.05) is 6.54 Å². The van der Waals surface area contributed by atoms with E-state index in [1.165, 1.54) is 11.3 Å². The monoisotopic (exact) mass is 306 g/mol. The number of hydrogen-bond acceptors (Lipinski definition) is 6. The first-order valence-electron chi connectivity index (χ1n) is 6.01. The van der Waals surface area contributed by atoms with E-state index in [1.54, 1.807) is 12.1 Å². The molecule has 0 unspecified atom stereocenters. The van der Waals surface area contributed by atoms with Crippen LogP contribution in [0.3, 0.4) is 0 Å². The summed E-state index contributed by atoms with van der Waals surface area (Å²) >= 11 is 7.39. The molecule has 0 aliphatic carbocycles. The van der Waals surface area contributed by atoms with Crippen molar-refractivity contribution in [2.45, 2.75) is 6.42 Å². The van der Waals surface area contributed by atoms with Crippen molar-refractivity contribution in [2.24, 2.45) is 5.73 Å².